The predicted octanol–water partition coefficient (Wildman–Crippen LogP) is -0.0743. The average Bonchev–Trinajstić information content (AvgIpc) is 1.69. The second-order valence-electron chi connectivity index (χ2n) is 1.26. The second kappa shape index (κ2) is 3.37. The molecular weight excluding hydrogens is 124 g/mol. The fraction of sp³-hybridized carbons (Fsp3) is 0.250. The third kappa shape index (κ3) is 1.88. The fourth-order valence-electron chi connectivity index (χ4n) is 0.396. The molecule has 46 valence electrons. The van der Waals surface area contributed by atoms with Gasteiger partial charge in [0.2, 0.25) is 0 Å². The van der Waals surface area contributed by atoms with Crippen molar-refractivity contribution in [3.8, 4) is 0 Å². The lowest BCUT2D eigenvalue weighted by Crippen LogP contribution is -2.35. The first-order valence-electron chi connectivity index (χ1n) is 2.09. The maximum absolute atomic E-state index is 10.2. The van der Waals surface area contributed by atoms with Gasteiger partial charge >= 0.3 is 6.03 Å². The predicted molar refractivity (Wildman–Crippen MR) is 36.1 cm³/mol. The van der Waals surface area contributed by atoms with Gasteiger partial charge in [0, 0.05) is 12.7 Å². The zero-order valence-electron chi connectivity index (χ0n) is 4.27. The Kier molecular flexibility index (Phi) is 3.10. The maximum Gasteiger partial charge on any atom is 0.319 e. The van der Waals surface area contributed by atoms with Crippen LogP contribution >= 0.6 is 13.5 Å². The highest BCUT2D eigenvalue weighted by Crippen LogP contribution is 1.74. The van der Waals surface area contributed by atoms with Crippen LogP contribution in [0.5, 0.6) is 0 Å². The third-order valence-corrected chi connectivity index (χ3v) is 0.713. The van der Waals surface area contributed by atoms with Crippen molar-refractivity contribution >= 4 is 19.5 Å². The van der Waals surface area contributed by atoms with Crippen molar-refractivity contribution in [2.75, 3.05) is 6.54 Å². The van der Waals surface area contributed by atoms with Gasteiger partial charge in [-0.2, -0.15) is 13.5 Å². The van der Waals surface area contributed by atoms with E-state index in [1.807, 2.05) is 6.08 Å². The van der Waals surface area contributed by atoms with Crippen molar-refractivity contribution in [3.05, 3.63) is 12.3 Å². The summed E-state index contributed by atoms with van der Waals surface area (Å²) in [5.74, 6) is 0. The zero-order valence-corrected chi connectivity index (χ0v) is 5.27. The molecule has 0 aromatic heterocycles. The Balaban J connectivity index is 0.000000490. The van der Waals surface area contributed by atoms with E-state index < -0.39 is 0 Å². The topological polar surface area (TPSA) is 41.1 Å². The molecule has 1 rings (SSSR count). The van der Waals surface area contributed by atoms with Crippen molar-refractivity contribution in [1.82, 2.24) is 10.6 Å². The number of amides is 2. The lowest BCUT2D eigenvalue weighted by Gasteiger charge is -2.04. The Morgan fingerprint density at radius 2 is 2.38 bits per heavy atom. The molecule has 0 aromatic carbocycles. The summed E-state index contributed by atoms with van der Waals surface area (Å²) in [6.07, 6.45) is 3.46. The highest BCUT2D eigenvalue weighted by Gasteiger charge is 1.95. The summed E-state index contributed by atoms with van der Waals surface area (Å²) in [7, 11) is 0. The van der Waals surface area contributed by atoms with E-state index in [9.17, 15) is 4.79 Å². The number of rotatable bonds is 0. The first-order chi connectivity index (χ1) is 3.39. The molecule has 0 radical (unpaired) electrons. The van der Waals surface area contributed by atoms with E-state index >= 15 is 0 Å². The van der Waals surface area contributed by atoms with E-state index in [2.05, 4.69) is 10.6 Å². The molecule has 1 aliphatic rings. The number of hydrogen-bond acceptors (Lipinski definition) is 1. The minimum Gasteiger partial charge on any atom is -0.334 e. The van der Waals surface area contributed by atoms with Gasteiger partial charge in [-0.05, 0) is 6.08 Å². The minimum absolute atomic E-state index is 0. The van der Waals surface area contributed by atoms with Gasteiger partial charge < -0.3 is 10.6 Å². The van der Waals surface area contributed by atoms with Crippen molar-refractivity contribution < 1.29 is 4.79 Å². The standard InChI is InChI=1S/C4H6N2O.H2S/c7-4-5-2-1-3-6-4;/h1-2H,3H2,(H2,5,6,7);1H2. The second-order valence-corrected chi connectivity index (χ2v) is 1.26. The van der Waals surface area contributed by atoms with Crippen molar-refractivity contribution in [2.45, 2.75) is 0 Å². The lowest BCUT2D eigenvalue weighted by atomic mass is 10.5. The first-order valence-corrected chi connectivity index (χ1v) is 2.09. The highest BCUT2D eigenvalue weighted by atomic mass is 32.1. The molecule has 2 amide bonds. The summed E-state index contributed by atoms with van der Waals surface area (Å²) < 4.78 is 0. The summed E-state index contributed by atoms with van der Waals surface area (Å²) in [4.78, 5) is 10.2. The normalized spacial score (nSPS) is 15.8. The van der Waals surface area contributed by atoms with Gasteiger partial charge in [-0.3, -0.25) is 0 Å². The molecule has 8 heavy (non-hydrogen) atoms. The van der Waals surface area contributed by atoms with Crippen LogP contribution in [0.25, 0.3) is 0 Å². The smallest absolute Gasteiger partial charge is 0.319 e. The molecule has 0 saturated carbocycles. The van der Waals surface area contributed by atoms with Gasteiger partial charge in [0.25, 0.3) is 0 Å². The number of nitrogens with one attached hydrogen (secondary N) is 2. The Bertz CT molecular complexity index is 113. The molecule has 1 aliphatic heterocycles. The first kappa shape index (κ1) is 7.36. The third-order valence-electron chi connectivity index (χ3n) is 0.713. The zero-order chi connectivity index (χ0) is 5.11. The van der Waals surface area contributed by atoms with Gasteiger partial charge in [-0.1, -0.05) is 0 Å². The maximum atomic E-state index is 10.2. The van der Waals surface area contributed by atoms with Crippen LogP contribution in [-0.2, 0) is 0 Å². The van der Waals surface area contributed by atoms with Gasteiger partial charge in [-0.15, -0.1) is 0 Å². The van der Waals surface area contributed by atoms with E-state index in [-0.39, 0.29) is 19.5 Å². The SMILES string of the molecule is O=C1NC=CCN1.S. The minimum atomic E-state index is -0.123. The molecule has 0 atom stereocenters. The molecule has 4 heteroatoms. The van der Waals surface area contributed by atoms with Gasteiger partial charge in [0.15, 0.2) is 0 Å². The van der Waals surface area contributed by atoms with Crippen molar-refractivity contribution in [3.63, 3.8) is 0 Å². The summed E-state index contributed by atoms with van der Waals surface area (Å²) in [5, 5.41) is 5.00. The molecular formula is C4H8N2OS. The number of carbonyl (C=O) groups is 1. The summed E-state index contributed by atoms with van der Waals surface area (Å²) in [6.45, 7) is 0.645. The van der Waals surface area contributed by atoms with Crippen LogP contribution in [0.1, 0.15) is 0 Å². The number of hydrogen-bond donors (Lipinski definition) is 2. The summed E-state index contributed by atoms with van der Waals surface area (Å²) in [6, 6.07) is -0.123. The Morgan fingerprint density at radius 3 is 2.62 bits per heavy atom. The molecule has 0 fully saturated rings. The molecule has 0 bridgehead atoms. The quantitative estimate of drug-likeness (QED) is 0.476. The van der Waals surface area contributed by atoms with E-state index in [1.165, 1.54) is 0 Å². The van der Waals surface area contributed by atoms with Crippen LogP contribution in [0.3, 0.4) is 0 Å². The summed E-state index contributed by atoms with van der Waals surface area (Å²) >= 11 is 0. The molecule has 0 saturated heterocycles. The molecule has 0 unspecified atom stereocenters. The van der Waals surface area contributed by atoms with Gasteiger partial charge in [0.1, 0.15) is 0 Å². The molecule has 3 nitrogen and oxygen atoms in total. The molecule has 2 N–H and O–H groups in total. The summed E-state index contributed by atoms with van der Waals surface area (Å²) in [5.41, 5.74) is 0. The molecule has 0 aliphatic carbocycles. The molecule has 1 heterocycles. The van der Waals surface area contributed by atoms with Crippen molar-refractivity contribution in [1.29, 1.82) is 0 Å². The Morgan fingerprint density at radius 1 is 1.62 bits per heavy atom. The Labute approximate surface area is 54.6 Å². The highest BCUT2D eigenvalue weighted by molar-refractivity contribution is 7.59. The van der Waals surface area contributed by atoms with Gasteiger partial charge in [0.05, 0.1) is 0 Å². The van der Waals surface area contributed by atoms with E-state index in [0.29, 0.717) is 6.54 Å². The van der Waals surface area contributed by atoms with Crippen LogP contribution in [0, 0.1) is 0 Å². The van der Waals surface area contributed by atoms with E-state index in [0.717, 1.165) is 0 Å². The number of carbonyl (C=O) groups excluding carboxylic acids is 1. The molecule has 0 aromatic rings. The average molecular weight is 132 g/mol. The van der Waals surface area contributed by atoms with Crippen LogP contribution in [0.4, 0.5) is 4.79 Å². The van der Waals surface area contributed by atoms with Crippen LogP contribution in [-0.4, -0.2) is 12.6 Å². The van der Waals surface area contributed by atoms with E-state index in [4.69, 9.17) is 0 Å². The largest absolute Gasteiger partial charge is 0.334 e. The van der Waals surface area contributed by atoms with E-state index in [1.54, 1.807) is 6.20 Å². The number of urea groups is 1. The van der Waals surface area contributed by atoms with Crippen molar-refractivity contribution in [2.24, 2.45) is 0 Å². The fourth-order valence-corrected chi connectivity index (χ4v) is 0.396. The van der Waals surface area contributed by atoms with Crippen LogP contribution in [0.15, 0.2) is 12.3 Å². The van der Waals surface area contributed by atoms with Gasteiger partial charge in [-0.25, -0.2) is 4.79 Å². The Hall–Kier alpha value is -0.640. The van der Waals surface area contributed by atoms with Crippen LogP contribution in [0.2, 0.25) is 0 Å². The van der Waals surface area contributed by atoms with Crippen LogP contribution < -0.4 is 10.6 Å². The monoisotopic (exact) mass is 132 g/mol. The lowest BCUT2D eigenvalue weighted by molar-refractivity contribution is 0.244. The molecule has 0 spiro atoms.